The Bertz CT molecular complexity index is 616. The van der Waals surface area contributed by atoms with Gasteiger partial charge in [-0.05, 0) is 13.8 Å². The van der Waals surface area contributed by atoms with Gasteiger partial charge in [0.2, 0.25) is 0 Å². The summed E-state index contributed by atoms with van der Waals surface area (Å²) in [5.74, 6) is 0.410. The van der Waals surface area contributed by atoms with Crippen LogP contribution < -0.4 is 0 Å². The van der Waals surface area contributed by atoms with E-state index in [2.05, 4.69) is 20.4 Å². The molecule has 0 amide bonds. The SMILES string of the molecule is CC(C)n1c(-c2cn[nH]c2)nnc1S(=O)(=O)Cl. The van der Waals surface area contributed by atoms with Crippen LogP contribution in [0.2, 0.25) is 0 Å². The van der Waals surface area contributed by atoms with Crippen molar-refractivity contribution in [3.63, 3.8) is 0 Å². The molecule has 7 nitrogen and oxygen atoms in total. The molecule has 2 aromatic heterocycles. The zero-order chi connectivity index (χ0) is 12.6. The van der Waals surface area contributed by atoms with Crippen LogP contribution in [0.5, 0.6) is 0 Å². The smallest absolute Gasteiger partial charge is 0.294 e. The fraction of sp³-hybridized carbons (Fsp3) is 0.375. The highest BCUT2D eigenvalue weighted by Gasteiger charge is 2.25. The van der Waals surface area contributed by atoms with Crippen molar-refractivity contribution in [3.05, 3.63) is 12.4 Å². The molecule has 92 valence electrons. The van der Waals surface area contributed by atoms with Crippen molar-refractivity contribution in [2.24, 2.45) is 0 Å². The average Bonchev–Trinajstić information content (AvgIpc) is 2.84. The van der Waals surface area contributed by atoms with E-state index in [1.807, 2.05) is 13.8 Å². The number of nitrogens with zero attached hydrogens (tertiary/aromatic N) is 4. The van der Waals surface area contributed by atoms with Gasteiger partial charge in [0.1, 0.15) is 0 Å². The molecule has 0 saturated carbocycles. The van der Waals surface area contributed by atoms with E-state index < -0.39 is 9.05 Å². The lowest BCUT2D eigenvalue weighted by Gasteiger charge is -2.11. The molecule has 0 fully saturated rings. The Morgan fingerprint density at radius 3 is 2.59 bits per heavy atom. The molecule has 2 rings (SSSR count). The Labute approximate surface area is 102 Å². The second-order valence-electron chi connectivity index (χ2n) is 3.69. The van der Waals surface area contributed by atoms with Gasteiger partial charge >= 0.3 is 0 Å². The summed E-state index contributed by atoms with van der Waals surface area (Å²) in [6.07, 6.45) is 3.14. The molecule has 0 unspecified atom stereocenters. The Hall–Kier alpha value is -1.41. The monoisotopic (exact) mass is 275 g/mol. The number of rotatable bonds is 3. The van der Waals surface area contributed by atoms with Gasteiger partial charge in [0.15, 0.2) is 5.82 Å². The molecular formula is C8H10ClN5O2S. The Morgan fingerprint density at radius 1 is 1.41 bits per heavy atom. The number of hydrogen-bond acceptors (Lipinski definition) is 5. The largest absolute Gasteiger partial charge is 0.296 e. The third-order valence-corrected chi connectivity index (χ3v) is 3.28. The van der Waals surface area contributed by atoms with E-state index in [0.29, 0.717) is 11.4 Å². The van der Waals surface area contributed by atoms with Crippen LogP contribution in [-0.4, -0.2) is 33.4 Å². The number of aromatic nitrogens is 5. The van der Waals surface area contributed by atoms with Crippen molar-refractivity contribution in [1.29, 1.82) is 0 Å². The van der Waals surface area contributed by atoms with Crippen LogP contribution >= 0.6 is 10.7 Å². The zero-order valence-corrected chi connectivity index (χ0v) is 10.7. The van der Waals surface area contributed by atoms with Crippen molar-refractivity contribution in [2.75, 3.05) is 0 Å². The predicted octanol–water partition coefficient (Wildman–Crippen LogP) is 1.18. The van der Waals surface area contributed by atoms with Crippen molar-refractivity contribution >= 4 is 19.7 Å². The minimum Gasteiger partial charge on any atom is -0.294 e. The highest BCUT2D eigenvalue weighted by Crippen LogP contribution is 2.25. The molecule has 1 N–H and O–H groups in total. The highest BCUT2D eigenvalue weighted by atomic mass is 35.7. The fourth-order valence-electron chi connectivity index (χ4n) is 1.48. The summed E-state index contributed by atoms with van der Waals surface area (Å²) in [5, 5.41) is 13.6. The Kier molecular flexibility index (Phi) is 2.92. The summed E-state index contributed by atoms with van der Waals surface area (Å²) in [5.41, 5.74) is 0.651. The second-order valence-corrected chi connectivity index (χ2v) is 6.15. The molecule has 0 radical (unpaired) electrons. The molecule has 2 aromatic rings. The minimum atomic E-state index is -3.92. The van der Waals surface area contributed by atoms with Gasteiger partial charge in [-0.15, -0.1) is 10.2 Å². The number of hydrogen-bond donors (Lipinski definition) is 1. The van der Waals surface area contributed by atoms with Crippen LogP contribution in [0.4, 0.5) is 0 Å². The molecule has 0 saturated heterocycles. The Balaban J connectivity index is 2.68. The molecule has 17 heavy (non-hydrogen) atoms. The maximum absolute atomic E-state index is 11.4. The summed E-state index contributed by atoms with van der Waals surface area (Å²) in [4.78, 5) is 0. The van der Waals surface area contributed by atoms with E-state index in [0.717, 1.165) is 0 Å². The van der Waals surface area contributed by atoms with E-state index in [4.69, 9.17) is 10.7 Å². The molecule has 0 aliphatic heterocycles. The normalized spacial score (nSPS) is 12.2. The number of nitrogens with one attached hydrogen (secondary N) is 1. The predicted molar refractivity (Wildman–Crippen MR) is 61.0 cm³/mol. The number of halogens is 1. The topological polar surface area (TPSA) is 93.5 Å². The first-order valence-electron chi connectivity index (χ1n) is 4.80. The van der Waals surface area contributed by atoms with E-state index in [-0.39, 0.29) is 11.2 Å². The molecule has 0 aliphatic carbocycles. The van der Waals surface area contributed by atoms with Crippen molar-refractivity contribution in [2.45, 2.75) is 25.0 Å². The van der Waals surface area contributed by atoms with Gasteiger partial charge in [0.05, 0.1) is 11.8 Å². The molecule has 0 spiro atoms. The lowest BCUT2D eigenvalue weighted by molar-refractivity contribution is 0.530. The first-order chi connectivity index (χ1) is 7.91. The molecule has 2 heterocycles. The third-order valence-electron chi connectivity index (χ3n) is 2.16. The molecule has 0 aromatic carbocycles. The summed E-state index contributed by atoms with van der Waals surface area (Å²) in [6.45, 7) is 3.64. The average molecular weight is 276 g/mol. The fourth-order valence-corrected chi connectivity index (χ4v) is 2.46. The van der Waals surface area contributed by atoms with Gasteiger partial charge < -0.3 is 0 Å². The van der Waals surface area contributed by atoms with Gasteiger partial charge in [-0.1, -0.05) is 0 Å². The van der Waals surface area contributed by atoms with E-state index in [1.165, 1.54) is 10.8 Å². The third kappa shape index (κ3) is 2.18. The van der Waals surface area contributed by atoms with Gasteiger partial charge in [0, 0.05) is 22.9 Å². The van der Waals surface area contributed by atoms with Gasteiger partial charge in [-0.25, -0.2) is 8.42 Å². The van der Waals surface area contributed by atoms with Crippen molar-refractivity contribution in [3.8, 4) is 11.4 Å². The van der Waals surface area contributed by atoms with Crippen LogP contribution in [0, 0.1) is 0 Å². The second kappa shape index (κ2) is 4.11. The molecular weight excluding hydrogens is 266 g/mol. The first kappa shape index (κ1) is 12.1. The zero-order valence-electron chi connectivity index (χ0n) is 9.12. The first-order valence-corrected chi connectivity index (χ1v) is 7.11. The molecule has 0 bridgehead atoms. The quantitative estimate of drug-likeness (QED) is 0.849. The van der Waals surface area contributed by atoms with Crippen molar-refractivity contribution in [1.82, 2.24) is 25.0 Å². The maximum Gasteiger partial charge on any atom is 0.296 e. The molecule has 0 aliphatic rings. The van der Waals surface area contributed by atoms with Crippen molar-refractivity contribution < 1.29 is 8.42 Å². The molecule has 9 heteroatoms. The van der Waals surface area contributed by atoms with Crippen LogP contribution in [0.25, 0.3) is 11.4 Å². The van der Waals surface area contributed by atoms with E-state index in [1.54, 1.807) is 6.20 Å². The van der Waals surface area contributed by atoms with Crippen LogP contribution in [0.1, 0.15) is 19.9 Å². The van der Waals surface area contributed by atoms with Gasteiger partial charge in [-0.3, -0.25) is 9.67 Å². The summed E-state index contributed by atoms with van der Waals surface area (Å²) in [7, 11) is 1.39. The van der Waals surface area contributed by atoms with E-state index >= 15 is 0 Å². The van der Waals surface area contributed by atoms with Crippen LogP contribution in [0.15, 0.2) is 17.6 Å². The standard InChI is InChI=1S/C8H10ClN5O2S/c1-5(2)14-7(6-3-10-11-4-6)12-13-8(14)17(9,15)16/h3-5H,1-2H3,(H,10,11). The van der Waals surface area contributed by atoms with Crippen LogP contribution in [-0.2, 0) is 9.05 Å². The summed E-state index contributed by atoms with van der Waals surface area (Å²) < 4.78 is 24.2. The Morgan fingerprint density at radius 2 is 2.12 bits per heavy atom. The highest BCUT2D eigenvalue weighted by molar-refractivity contribution is 8.13. The lowest BCUT2D eigenvalue weighted by atomic mass is 10.3. The molecule has 0 atom stereocenters. The number of H-pyrrole nitrogens is 1. The summed E-state index contributed by atoms with van der Waals surface area (Å²) in [6, 6.07) is -0.140. The number of aromatic amines is 1. The van der Waals surface area contributed by atoms with Gasteiger partial charge in [0.25, 0.3) is 14.2 Å². The van der Waals surface area contributed by atoms with Gasteiger partial charge in [-0.2, -0.15) is 5.10 Å². The lowest BCUT2D eigenvalue weighted by Crippen LogP contribution is -2.09. The minimum absolute atomic E-state index is 0.140. The van der Waals surface area contributed by atoms with Crippen LogP contribution in [0.3, 0.4) is 0 Å². The summed E-state index contributed by atoms with van der Waals surface area (Å²) >= 11 is 0. The maximum atomic E-state index is 11.4. The van der Waals surface area contributed by atoms with E-state index in [9.17, 15) is 8.42 Å².